The van der Waals surface area contributed by atoms with Gasteiger partial charge in [0.2, 0.25) is 5.91 Å². The van der Waals surface area contributed by atoms with Crippen LogP contribution < -0.4 is 20.1 Å². The molecule has 1 fully saturated rings. The van der Waals surface area contributed by atoms with Gasteiger partial charge >= 0.3 is 0 Å². The van der Waals surface area contributed by atoms with Crippen LogP contribution in [0.3, 0.4) is 0 Å². The molecular weight excluding hydrogens is 360 g/mol. The van der Waals surface area contributed by atoms with Gasteiger partial charge in [0, 0.05) is 24.6 Å². The normalized spacial score (nSPS) is 17.7. The summed E-state index contributed by atoms with van der Waals surface area (Å²) in [7, 11) is 0. The molecule has 4 rings (SSSR count). The number of fused-ring (bicyclic) bond motifs is 1. The van der Waals surface area contributed by atoms with Gasteiger partial charge in [0.25, 0.3) is 11.7 Å². The molecule has 0 radical (unpaired) electrons. The minimum atomic E-state index is -0.704. The third-order valence-electron chi connectivity index (χ3n) is 5.15. The Balaban J connectivity index is 1.44. The molecule has 148 valence electrons. The molecule has 7 nitrogen and oxygen atoms in total. The summed E-state index contributed by atoms with van der Waals surface area (Å²) in [4.78, 5) is 25.0. The number of furan rings is 1. The first-order valence-corrected chi connectivity index (χ1v) is 9.63. The molecule has 2 aromatic rings. The number of ether oxygens (including phenoxy) is 2. The highest BCUT2D eigenvalue weighted by Gasteiger charge is 2.44. The van der Waals surface area contributed by atoms with Gasteiger partial charge in [0.1, 0.15) is 6.04 Å². The summed E-state index contributed by atoms with van der Waals surface area (Å²) in [5, 5.41) is 5.59. The largest absolute Gasteiger partial charge is 0.459 e. The lowest BCUT2D eigenvalue weighted by atomic mass is 10.0. The van der Waals surface area contributed by atoms with Crippen LogP contribution >= 0.6 is 0 Å². The fourth-order valence-corrected chi connectivity index (χ4v) is 3.66. The Bertz CT molecular complexity index is 869. The molecule has 7 heteroatoms. The van der Waals surface area contributed by atoms with Gasteiger partial charge in [-0.05, 0) is 43.0 Å². The second-order valence-corrected chi connectivity index (χ2v) is 7.65. The van der Waals surface area contributed by atoms with Crippen molar-refractivity contribution in [2.24, 2.45) is 5.92 Å². The number of carbonyl (C=O) groups is 2. The van der Waals surface area contributed by atoms with Gasteiger partial charge in [0.05, 0.1) is 6.26 Å². The molecule has 1 saturated carbocycles. The van der Waals surface area contributed by atoms with Crippen molar-refractivity contribution in [3.63, 3.8) is 0 Å². The lowest BCUT2D eigenvalue weighted by Crippen LogP contribution is -2.47. The van der Waals surface area contributed by atoms with E-state index in [1.165, 1.54) is 6.26 Å². The number of carbonyl (C=O) groups excluding carboxylic acids is 2. The molecule has 1 aromatic carbocycles. The van der Waals surface area contributed by atoms with Crippen molar-refractivity contribution in [1.82, 2.24) is 5.32 Å². The summed E-state index contributed by atoms with van der Waals surface area (Å²) in [6.45, 7) is 3.74. The van der Waals surface area contributed by atoms with E-state index < -0.39 is 17.7 Å². The zero-order valence-corrected chi connectivity index (χ0v) is 16.0. The van der Waals surface area contributed by atoms with Crippen LogP contribution in [0.15, 0.2) is 41.0 Å². The maximum Gasteiger partial charge on any atom is 0.287 e. The average Bonchev–Trinajstić information content (AvgIpc) is 3.40. The van der Waals surface area contributed by atoms with Gasteiger partial charge in [-0.1, -0.05) is 13.8 Å². The van der Waals surface area contributed by atoms with E-state index >= 15 is 0 Å². The number of hydrogen-bond acceptors (Lipinski definition) is 5. The number of amides is 2. The minimum Gasteiger partial charge on any atom is -0.459 e. The van der Waals surface area contributed by atoms with Crippen molar-refractivity contribution in [1.29, 1.82) is 0 Å². The zero-order chi connectivity index (χ0) is 19.7. The molecule has 2 heterocycles. The SMILES string of the molecule is CC(C)[C@H](NC(=O)c1ccco1)C(=O)Nc1ccc2c(c1)OC1(CCCC1)O2. The van der Waals surface area contributed by atoms with Crippen LogP contribution in [0, 0.1) is 5.92 Å². The van der Waals surface area contributed by atoms with Gasteiger partial charge in [-0.15, -0.1) is 0 Å². The highest BCUT2D eigenvalue weighted by Crippen LogP contribution is 2.47. The van der Waals surface area contributed by atoms with Crippen LogP contribution in [0.25, 0.3) is 0 Å². The van der Waals surface area contributed by atoms with Crippen molar-refractivity contribution < 1.29 is 23.5 Å². The van der Waals surface area contributed by atoms with Crippen molar-refractivity contribution in [3.8, 4) is 11.5 Å². The topological polar surface area (TPSA) is 89.8 Å². The molecule has 28 heavy (non-hydrogen) atoms. The minimum absolute atomic E-state index is 0.102. The lowest BCUT2D eigenvalue weighted by molar-refractivity contribution is -0.118. The first kappa shape index (κ1) is 18.4. The first-order valence-electron chi connectivity index (χ1n) is 9.63. The molecule has 1 atom stereocenters. The Hall–Kier alpha value is -2.96. The maximum absolute atomic E-state index is 12.8. The molecule has 0 unspecified atom stereocenters. The van der Waals surface area contributed by atoms with E-state index in [0.717, 1.165) is 25.7 Å². The van der Waals surface area contributed by atoms with E-state index in [4.69, 9.17) is 13.9 Å². The monoisotopic (exact) mass is 384 g/mol. The highest BCUT2D eigenvalue weighted by molar-refractivity contribution is 6.00. The van der Waals surface area contributed by atoms with Crippen LogP contribution in [-0.2, 0) is 4.79 Å². The van der Waals surface area contributed by atoms with Crippen LogP contribution in [0.4, 0.5) is 5.69 Å². The Morgan fingerprint density at radius 2 is 1.82 bits per heavy atom. The quantitative estimate of drug-likeness (QED) is 0.820. The number of rotatable bonds is 5. The smallest absolute Gasteiger partial charge is 0.287 e. The van der Waals surface area contributed by atoms with E-state index in [1.807, 2.05) is 19.9 Å². The zero-order valence-electron chi connectivity index (χ0n) is 16.0. The summed E-state index contributed by atoms with van der Waals surface area (Å²) < 4.78 is 17.1. The Morgan fingerprint density at radius 1 is 1.07 bits per heavy atom. The van der Waals surface area contributed by atoms with E-state index in [1.54, 1.807) is 24.3 Å². The average molecular weight is 384 g/mol. The number of anilines is 1. The van der Waals surface area contributed by atoms with E-state index in [0.29, 0.717) is 17.2 Å². The Morgan fingerprint density at radius 3 is 2.50 bits per heavy atom. The molecule has 0 bridgehead atoms. The van der Waals surface area contributed by atoms with Crippen molar-refractivity contribution in [2.45, 2.75) is 51.4 Å². The van der Waals surface area contributed by atoms with Crippen LogP contribution in [0.5, 0.6) is 11.5 Å². The fraction of sp³-hybridized carbons (Fsp3) is 0.429. The van der Waals surface area contributed by atoms with Crippen molar-refractivity contribution in [3.05, 3.63) is 42.4 Å². The second kappa shape index (κ2) is 7.22. The number of hydrogen-bond donors (Lipinski definition) is 2. The summed E-state index contributed by atoms with van der Waals surface area (Å²) >= 11 is 0. The molecule has 1 aliphatic heterocycles. The lowest BCUT2D eigenvalue weighted by Gasteiger charge is -2.21. The molecule has 1 aromatic heterocycles. The Labute approximate surface area is 163 Å². The van der Waals surface area contributed by atoms with Gasteiger partial charge in [-0.3, -0.25) is 9.59 Å². The molecule has 1 aliphatic carbocycles. The third kappa shape index (κ3) is 3.56. The molecule has 1 spiro atoms. The fourth-order valence-electron chi connectivity index (χ4n) is 3.66. The van der Waals surface area contributed by atoms with Gasteiger partial charge in [0.15, 0.2) is 17.3 Å². The molecule has 2 N–H and O–H groups in total. The first-order chi connectivity index (χ1) is 13.5. The maximum atomic E-state index is 12.8. The predicted octanol–water partition coefficient (Wildman–Crippen LogP) is 3.71. The second-order valence-electron chi connectivity index (χ2n) is 7.65. The molecule has 0 saturated heterocycles. The summed E-state index contributed by atoms with van der Waals surface area (Å²) in [5.74, 6) is 0.143. The van der Waals surface area contributed by atoms with Crippen molar-refractivity contribution >= 4 is 17.5 Å². The van der Waals surface area contributed by atoms with Crippen LogP contribution in [-0.4, -0.2) is 23.6 Å². The molecular formula is C21H24N2O5. The number of nitrogens with one attached hydrogen (secondary N) is 2. The standard InChI is InChI=1S/C21H24N2O5/c1-13(2)18(23-19(24)16-6-5-11-26-16)20(25)22-14-7-8-15-17(12-14)28-21(27-15)9-3-4-10-21/h5-8,11-13,18H,3-4,9-10H2,1-2H3,(H,22,25)(H,23,24)/t18-/m0/s1. The third-order valence-corrected chi connectivity index (χ3v) is 5.15. The van der Waals surface area contributed by atoms with Crippen LogP contribution in [0.2, 0.25) is 0 Å². The van der Waals surface area contributed by atoms with Crippen molar-refractivity contribution in [2.75, 3.05) is 5.32 Å². The molecule has 2 amide bonds. The van der Waals surface area contributed by atoms with E-state index in [-0.39, 0.29) is 17.6 Å². The van der Waals surface area contributed by atoms with Gasteiger partial charge < -0.3 is 24.5 Å². The summed E-state index contributed by atoms with van der Waals surface area (Å²) in [6.07, 6.45) is 5.34. The summed E-state index contributed by atoms with van der Waals surface area (Å²) in [5.41, 5.74) is 0.597. The van der Waals surface area contributed by atoms with Crippen LogP contribution in [0.1, 0.15) is 50.1 Å². The van der Waals surface area contributed by atoms with E-state index in [2.05, 4.69) is 10.6 Å². The predicted molar refractivity (Wildman–Crippen MR) is 102 cm³/mol. The molecule has 2 aliphatic rings. The van der Waals surface area contributed by atoms with E-state index in [9.17, 15) is 9.59 Å². The summed E-state index contributed by atoms with van der Waals surface area (Å²) in [6, 6.07) is 7.84. The number of benzene rings is 1. The Kier molecular flexibility index (Phi) is 4.75. The van der Waals surface area contributed by atoms with Gasteiger partial charge in [-0.2, -0.15) is 0 Å². The highest BCUT2D eigenvalue weighted by atomic mass is 16.7. The van der Waals surface area contributed by atoms with Gasteiger partial charge in [-0.25, -0.2) is 0 Å².